The Balaban J connectivity index is 1.72. The van der Waals surface area contributed by atoms with Gasteiger partial charge in [0.05, 0.1) is 21.3 Å². The van der Waals surface area contributed by atoms with Crippen molar-refractivity contribution in [3.05, 3.63) is 65.4 Å². The standard InChI is InChI=1S/C22H22FN5O3/c1-13-8-20(25-16-11-17(29-2)21(31-4)18(12-16)30-3)28-22(24-13)26-19(27-28)10-14-6-5-7-15(23)9-14/h5-9,11-12,25H,10H2,1-4H3. The monoisotopic (exact) mass is 423 g/mol. The minimum absolute atomic E-state index is 0.292. The zero-order chi connectivity index (χ0) is 22.0. The summed E-state index contributed by atoms with van der Waals surface area (Å²) in [5, 5.41) is 7.88. The number of fused-ring (bicyclic) bond motifs is 1. The molecule has 0 bridgehead atoms. The first-order valence-electron chi connectivity index (χ1n) is 9.55. The first-order valence-corrected chi connectivity index (χ1v) is 9.55. The lowest BCUT2D eigenvalue weighted by Gasteiger charge is -2.15. The fourth-order valence-electron chi connectivity index (χ4n) is 3.32. The van der Waals surface area contributed by atoms with Crippen LogP contribution in [0.1, 0.15) is 17.1 Å². The lowest BCUT2D eigenvalue weighted by atomic mass is 10.1. The Bertz CT molecular complexity index is 1220. The summed E-state index contributed by atoms with van der Waals surface area (Å²) in [6.45, 7) is 1.88. The second kappa shape index (κ2) is 8.47. The fourth-order valence-corrected chi connectivity index (χ4v) is 3.32. The van der Waals surface area contributed by atoms with Gasteiger partial charge in [-0.05, 0) is 24.6 Å². The summed E-state index contributed by atoms with van der Waals surface area (Å²) < 4.78 is 31.4. The van der Waals surface area contributed by atoms with E-state index in [1.165, 1.54) is 12.1 Å². The average molecular weight is 423 g/mol. The number of benzene rings is 2. The van der Waals surface area contributed by atoms with Crippen molar-refractivity contribution >= 4 is 17.3 Å². The van der Waals surface area contributed by atoms with Gasteiger partial charge in [-0.3, -0.25) is 0 Å². The normalized spacial score (nSPS) is 10.9. The first kappa shape index (κ1) is 20.4. The highest BCUT2D eigenvalue weighted by Crippen LogP contribution is 2.40. The number of rotatable bonds is 7. The van der Waals surface area contributed by atoms with Gasteiger partial charge < -0.3 is 19.5 Å². The van der Waals surface area contributed by atoms with E-state index in [9.17, 15) is 4.39 Å². The van der Waals surface area contributed by atoms with Gasteiger partial charge in [0.25, 0.3) is 5.78 Å². The van der Waals surface area contributed by atoms with E-state index in [0.29, 0.717) is 46.8 Å². The van der Waals surface area contributed by atoms with E-state index in [0.717, 1.165) is 11.3 Å². The third-order valence-electron chi connectivity index (χ3n) is 4.67. The molecule has 0 amide bonds. The van der Waals surface area contributed by atoms with Crippen LogP contribution >= 0.6 is 0 Å². The van der Waals surface area contributed by atoms with Gasteiger partial charge in [0.1, 0.15) is 11.6 Å². The molecule has 8 nitrogen and oxygen atoms in total. The van der Waals surface area contributed by atoms with Crippen LogP contribution in [0.4, 0.5) is 15.9 Å². The number of nitrogens with zero attached hydrogens (tertiary/aromatic N) is 4. The van der Waals surface area contributed by atoms with Crippen molar-refractivity contribution in [1.29, 1.82) is 0 Å². The molecule has 2 aromatic carbocycles. The van der Waals surface area contributed by atoms with Gasteiger partial charge in [-0.1, -0.05) is 12.1 Å². The molecule has 31 heavy (non-hydrogen) atoms. The summed E-state index contributed by atoms with van der Waals surface area (Å²) in [5.74, 6) is 2.91. The first-order chi connectivity index (χ1) is 15.0. The van der Waals surface area contributed by atoms with Crippen molar-refractivity contribution in [3.8, 4) is 17.2 Å². The van der Waals surface area contributed by atoms with Gasteiger partial charge in [-0.2, -0.15) is 9.50 Å². The molecular weight excluding hydrogens is 401 g/mol. The Kier molecular flexibility index (Phi) is 5.57. The van der Waals surface area contributed by atoms with Crippen molar-refractivity contribution in [2.75, 3.05) is 26.6 Å². The van der Waals surface area contributed by atoms with E-state index in [-0.39, 0.29) is 5.82 Å². The molecule has 0 unspecified atom stereocenters. The SMILES string of the molecule is COc1cc(Nc2cc(C)nc3nc(Cc4cccc(F)c4)nn23)cc(OC)c1OC. The van der Waals surface area contributed by atoms with E-state index >= 15 is 0 Å². The van der Waals surface area contributed by atoms with E-state index in [2.05, 4.69) is 20.4 Å². The summed E-state index contributed by atoms with van der Waals surface area (Å²) in [6.07, 6.45) is 0.393. The van der Waals surface area contributed by atoms with Crippen LogP contribution in [-0.2, 0) is 6.42 Å². The van der Waals surface area contributed by atoms with Gasteiger partial charge in [-0.15, -0.1) is 5.10 Å². The van der Waals surface area contributed by atoms with Gasteiger partial charge in [-0.25, -0.2) is 9.37 Å². The molecule has 0 saturated carbocycles. The molecule has 0 spiro atoms. The highest BCUT2D eigenvalue weighted by Gasteiger charge is 2.16. The molecule has 0 aliphatic rings. The highest BCUT2D eigenvalue weighted by molar-refractivity contribution is 5.67. The second-order valence-electron chi connectivity index (χ2n) is 6.87. The minimum Gasteiger partial charge on any atom is -0.493 e. The summed E-state index contributed by atoms with van der Waals surface area (Å²) in [5.41, 5.74) is 2.27. The third kappa shape index (κ3) is 4.20. The van der Waals surface area contributed by atoms with E-state index < -0.39 is 0 Å². The van der Waals surface area contributed by atoms with Crippen molar-refractivity contribution in [1.82, 2.24) is 19.6 Å². The largest absolute Gasteiger partial charge is 0.493 e. The van der Waals surface area contributed by atoms with E-state index in [1.54, 1.807) is 44.0 Å². The molecule has 4 aromatic rings. The molecule has 160 valence electrons. The molecule has 0 radical (unpaired) electrons. The minimum atomic E-state index is -0.292. The van der Waals surface area contributed by atoms with Crippen LogP contribution in [-0.4, -0.2) is 40.9 Å². The molecule has 0 saturated heterocycles. The average Bonchev–Trinajstić information content (AvgIpc) is 3.15. The van der Waals surface area contributed by atoms with Crippen LogP contribution in [0.3, 0.4) is 0 Å². The number of halogens is 1. The summed E-state index contributed by atoms with van der Waals surface area (Å²) in [6, 6.07) is 11.8. The molecular formula is C22H22FN5O3. The number of aromatic nitrogens is 4. The Morgan fingerprint density at radius 1 is 0.968 bits per heavy atom. The Morgan fingerprint density at radius 3 is 2.35 bits per heavy atom. The van der Waals surface area contributed by atoms with Crippen LogP contribution in [0, 0.1) is 12.7 Å². The van der Waals surface area contributed by atoms with Crippen molar-refractivity contribution in [2.24, 2.45) is 0 Å². The molecule has 2 aromatic heterocycles. The zero-order valence-corrected chi connectivity index (χ0v) is 17.6. The van der Waals surface area contributed by atoms with Gasteiger partial charge >= 0.3 is 0 Å². The number of ether oxygens (including phenoxy) is 3. The molecule has 0 fully saturated rings. The zero-order valence-electron chi connectivity index (χ0n) is 17.6. The maximum Gasteiger partial charge on any atom is 0.254 e. The molecule has 9 heteroatoms. The summed E-state index contributed by atoms with van der Waals surface area (Å²) >= 11 is 0. The molecule has 4 rings (SSSR count). The van der Waals surface area contributed by atoms with Crippen LogP contribution in [0.5, 0.6) is 17.2 Å². The maximum absolute atomic E-state index is 13.5. The molecule has 0 aliphatic heterocycles. The number of hydrogen-bond donors (Lipinski definition) is 1. The van der Waals surface area contributed by atoms with Crippen LogP contribution < -0.4 is 19.5 Å². The maximum atomic E-state index is 13.5. The highest BCUT2D eigenvalue weighted by atomic mass is 19.1. The number of anilines is 2. The summed E-state index contributed by atoms with van der Waals surface area (Å²) in [7, 11) is 4.68. The van der Waals surface area contributed by atoms with Crippen molar-refractivity contribution < 1.29 is 18.6 Å². The smallest absolute Gasteiger partial charge is 0.254 e. The van der Waals surface area contributed by atoms with Crippen molar-refractivity contribution in [2.45, 2.75) is 13.3 Å². The van der Waals surface area contributed by atoms with Crippen LogP contribution in [0.15, 0.2) is 42.5 Å². The fraction of sp³-hybridized carbons (Fsp3) is 0.227. The topological polar surface area (TPSA) is 82.8 Å². The van der Waals surface area contributed by atoms with E-state index in [1.807, 2.05) is 19.1 Å². The van der Waals surface area contributed by atoms with Crippen molar-refractivity contribution in [3.63, 3.8) is 0 Å². The Hall–Kier alpha value is -3.88. The predicted octanol–water partition coefficient (Wildman–Crippen LogP) is 3.93. The quantitative estimate of drug-likeness (QED) is 0.482. The predicted molar refractivity (Wildman–Crippen MR) is 114 cm³/mol. The third-order valence-corrected chi connectivity index (χ3v) is 4.67. The lowest BCUT2D eigenvalue weighted by Crippen LogP contribution is -2.04. The second-order valence-corrected chi connectivity index (χ2v) is 6.87. The molecule has 0 atom stereocenters. The number of aryl methyl sites for hydroxylation is 1. The number of methoxy groups -OCH3 is 3. The van der Waals surface area contributed by atoms with Gasteiger partial charge in [0.2, 0.25) is 5.75 Å². The van der Waals surface area contributed by atoms with Gasteiger partial charge in [0, 0.05) is 36.0 Å². The van der Waals surface area contributed by atoms with Crippen LogP contribution in [0.25, 0.3) is 5.78 Å². The van der Waals surface area contributed by atoms with Gasteiger partial charge in [0.15, 0.2) is 17.3 Å². The molecule has 1 N–H and O–H groups in total. The number of nitrogens with one attached hydrogen (secondary N) is 1. The Labute approximate surface area is 178 Å². The Morgan fingerprint density at radius 2 is 1.71 bits per heavy atom. The molecule has 0 aliphatic carbocycles. The molecule has 2 heterocycles. The summed E-state index contributed by atoms with van der Waals surface area (Å²) in [4.78, 5) is 8.96. The number of hydrogen-bond acceptors (Lipinski definition) is 7. The van der Waals surface area contributed by atoms with Crippen LogP contribution in [0.2, 0.25) is 0 Å². The van der Waals surface area contributed by atoms with E-state index in [4.69, 9.17) is 14.2 Å². The lowest BCUT2D eigenvalue weighted by molar-refractivity contribution is 0.324.